The summed E-state index contributed by atoms with van der Waals surface area (Å²) in [6.45, 7) is 6.90. The topological polar surface area (TPSA) is 76.5 Å². The van der Waals surface area contributed by atoms with Crippen LogP contribution in [0.4, 0.5) is 4.79 Å². The van der Waals surface area contributed by atoms with Gasteiger partial charge in [0.25, 0.3) is 5.91 Å². The molecule has 2 aromatic rings. The van der Waals surface area contributed by atoms with Crippen molar-refractivity contribution in [1.82, 2.24) is 20.0 Å². The maximum absolute atomic E-state index is 12.2. The molecular weight excluding hydrogens is 332 g/mol. The van der Waals surface area contributed by atoms with Crippen LogP contribution in [0.5, 0.6) is 0 Å². The van der Waals surface area contributed by atoms with E-state index in [0.29, 0.717) is 44.8 Å². The molecule has 2 amide bonds. The van der Waals surface area contributed by atoms with Gasteiger partial charge in [0, 0.05) is 24.3 Å². The van der Waals surface area contributed by atoms with Gasteiger partial charge in [-0.25, -0.2) is 4.79 Å². The van der Waals surface area contributed by atoms with E-state index in [0.717, 1.165) is 17.0 Å². The number of rotatable bonds is 7. The highest BCUT2D eigenvalue weighted by Gasteiger charge is 2.20. The number of carbonyl (C=O) groups excluding carboxylic acids is 2. The molecule has 1 aromatic carbocycles. The Balaban J connectivity index is 1.46. The molecule has 7 heteroatoms. The van der Waals surface area contributed by atoms with Crippen molar-refractivity contribution in [2.45, 2.75) is 26.8 Å². The molecule has 1 fully saturated rings. The second-order valence-corrected chi connectivity index (χ2v) is 6.49. The Hall–Kier alpha value is -2.83. The van der Waals surface area contributed by atoms with Gasteiger partial charge in [-0.2, -0.15) is 5.10 Å². The van der Waals surface area contributed by atoms with E-state index in [9.17, 15) is 9.59 Å². The first-order chi connectivity index (χ1) is 12.5. The molecule has 0 aliphatic carbocycles. The molecule has 2 heterocycles. The Morgan fingerprint density at radius 3 is 2.65 bits per heavy atom. The van der Waals surface area contributed by atoms with Gasteiger partial charge >= 0.3 is 6.09 Å². The molecule has 0 unspecified atom stereocenters. The highest BCUT2D eigenvalue weighted by molar-refractivity contribution is 5.94. The molecule has 0 saturated carbocycles. The minimum atomic E-state index is -0.269. The Bertz CT molecular complexity index is 783. The van der Waals surface area contributed by atoms with Crippen LogP contribution in [-0.2, 0) is 11.3 Å². The zero-order valence-electron chi connectivity index (χ0n) is 15.2. The van der Waals surface area contributed by atoms with E-state index < -0.39 is 0 Å². The molecular formula is C19H24N4O3. The van der Waals surface area contributed by atoms with Crippen molar-refractivity contribution < 1.29 is 14.3 Å². The first-order valence-electron chi connectivity index (χ1n) is 8.83. The van der Waals surface area contributed by atoms with Gasteiger partial charge in [-0.05, 0) is 44.0 Å². The lowest BCUT2D eigenvalue weighted by Crippen LogP contribution is -2.30. The van der Waals surface area contributed by atoms with E-state index >= 15 is 0 Å². The van der Waals surface area contributed by atoms with Gasteiger partial charge in [0.15, 0.2) is 0 Å². The number of ether oxygens (including phenoxy) is 1. The second kappa shape index (κ2) is 8.03. The molecule has 1 aromatic heterocycles. The molecule has 0 atom stereocenters. The first kappa shape index (κ1) is 18.0. The van der Waals surface area contributed by atoms with E-state index in [1.165, 1.54) is 0 Å². The summed E-state index contributed by atoms with van der Waals surface area (Å²) >= 11 is 0. The molecule has 0 radical (unpaired) electrons. The van der Waals surface area contributed by atoms with Gasteiger partial charge < -0.3 is 15.0 Å². The highest BCUT2D eigenvalue weighted by atomic mass is 16.6. The number of benzene rings is 1. The summed E-state index contributed by atoms with van der Waals surface area (Å²) in [5.74, 6) is -0.105. The molecule has 1 saturated heterocycles. The van der Waals surface area contributed by atoms with Crippen molar-refractivity contribution in [2.24, 2.45) is 0 Å². The number of aromatic nitrogens is 2. The largest absolute Gasteiger partial charge is 0.448 e. The maximum atomic E-state index is 12.2. The summed E-state index contributed by atoms with van der Waals surface area (Å²) in [6.07, 6.45) is 0.436. The summed E-state index contributed by atoms with van der Waals surface area (Å²) in [5, 5.41) is 7.34. The van der Waals surface area contributed by atoms with Crippen LogP contribution < -0.4 is 5.32 Å². The van der Waals surface area contributed by atoms with Crippen molar-refractivity contribution >= 4 is 12.0 Å². The van der Waals surface area contributed by atoms with Crippen LogP contribution in [0.1, 0.15) is 33.7 Å². The van der Waals surface area contributed by atoms with Crippen molar-refractivity contribution in [3.05, 3.63) is 52.8 Å². The molecule has 0 bridgehead atoms. The Morgan fingerprint density at radius 1 is 1.27 bits per heavy atom. The lowest BCUT2D eigenvalue weighted by atomic mass is 10.1. The van der Waals surface area contributed by atoms with Crippen molar-refractivity contribution in [3.63, 3.8) is 0 Å². The number of aryl methyl sites for hydroxylation is 2. The number of hydrogen-bond donors (Lipinski definition) is 1. The number of cyclic esters (lactones) is 1. The van der Waals surface area contributed by atoms with Crippen molar-refractivity contribution in [1.29, 1.82) is 0 Å². The predicted molar refractivity (Wildman–Crippen MR) is 97.1 cm³/mol. The van der Waals surface area contributed by atoms with E-state index in [-0.39, 0.29) is 12.0 Å². The number of amides is 2. The Labute approximate surface area is 152 Å². The standard InChI is InChI=1S/C19H24N4O3/c1-14-12-15(2)23(21-14)13-16-4-6-17(7-5-16)18(24)20-8-3-9-22-10-11-26-19(22)25/h4-7,12H,3,8-11,13H2,1-2H3,(H,20,24). The molecule has 1 aliphatic rings. The average Bonchev–Trinajstić information content (AvgIpc) is 3.17. The zero-order chi connectivity index (χ0) is 18.5. The maximum Gasteiger partial charge on any atom is 0.409 e. The fraction of sp³-hybridized carbons (Fsp3) is 0.421. The quantitative estimate of drug-likeness (QED) is 0.771. The average molecular weight is 356 g/mol. The molecule has 1 aliphatic heterocycles. The first-order valence-corrected chi connectivity index (χ1v) is 8.83. The number of nitrogens with one attached hydrogen (secondary N) is 1. The summed E-state index contributed by atoms with van der Waals surface area (Å²) in [4.78, 5) is 25.2. The normalized spacial score (nSPS) is 13.8. The molecule has 3 rings (SSSR count). The monoisotopic (exact) mass is 356 g/mol. The van der Waals surface area contributed by atoms with E-state index in [2.05, 4.69) is 10.4 Å². The molecule has 26 heavy (non-hydrogen) atoms. The zero-order valence-corrected chi connectivity index (χ0v) is 15.2. The molecule has 1 N–H and O–H groups in total. The lowest BCUT2D eigenvalue weighted by molar-refractivity contribution is 0.0952. The number of nitrogens with zero attached hydrogens (tertiary/aromatic N) is 3. The fourth-order valence-corrected chi connectivity index (χ4v) is 2.97. The van der Waals surface area contributed by atoms with E-state index in [1.54, 1.807) is 4.90 Å². The summed E-state index contributed by atoms with van der Waals surface area (Å²) in [5.41, 5.74) is 3.84. The van der Waals surface area contributed by atoms with Crippen LogP contribution in [0.3, 0.4) is 0 Å². The highest BCUT2D eigenvalue weighted by Crippen LogP contribution is 2.09. The summed E-state index contributed by atoms with van der Waals surface area (Å²) in [7, 11) is 0. The van der Waals surface area contributed by atoms with E-state index in [4.69, 9.17) is 4.74 Å². The SMILES string of the molecule is Cc1cc(C)n(Cc2ccc(C(=O)NCCCN3CCOC3=O)cc2)n1. The summed E-state index contributed by atoms with van der Waals surface area (Å²) < 4.78 is 6.82. The predicted octanol–water partition coefficient (Wildman–Crippen LogP) is 2.12. The van der Waals surface area contributed by atoms with Crippen LogP contribution in [0.25, 0.3) is 0 Å². The van der Waals surface area contributed by atoms with Gasteiger partial charge in [0.2, 0.25) is 0 Å². The van der Waals surface area contributed by atoms with Crippen molar-refractivity contribution in [3.8, 4) is 0 Å². The van der Waals surface area contributed by atoms with Crippen LogP contribution in [-0.4, -0.2) is 52.9 Å². The minimum Gasteiger partial charge on any atom is -0.448 e. The van der Waals surface area contributed by atoms with Crippen LogP contribution >= 0.6 is 0 Å². The van der Waals surface area contributed by atoms with Gasteiger partial charge in [-0.1, -0.05) is 12.1 Å². The third-order valence-corrected chi connectivity index (χ3v) is 4.39. The van der Waals surface area contributed by atoms with Crippen LogP contribution in [0, 0.1) is 13.8 Å². The van der Waals surface area contributed by atoms with Gasteiger partial charge in [-0.3, -0.25) is 9.48 Å². The van der Waals surface area contributed by atoms with Crippen molar-refractivity contribution in [2.75, 3.05) is 26.2 Å². The molecule has 7 nitrogen and oxygen atoms in total. The second-order valence-electron chi connectivity index (χ2n) is 6.49. The molecule has 0 spiro atoms. The number of hydrogen-bond acceptors (Lipinski definition) is 4. The van der Waals surface area contributed by atoms with Gasteiger partial charge in [0.05, 0.1) is 18.8 Å². The Kier molecular flexibility index (Phi) is 5.55. The van der Waals surface area contributed by atoms with E-state index in [1.807, 2.05) is 48.9 Å². The minimum absolute atomic E-state index is 0.105. The lowest BCUT2D eigenvalue weighted by Gasteiger charge is -2.12. The number of carbonyl (C=O) groups is 2. The third kappa shape index (κ3) is 4.41. The van der Waals surface area contributed by atoms with Gasteiger partial charge in [-0.15, -0.1) is 0 Å². The third-order valence-electron chi connectivity index (χ3n) is 4.39. The summed E-state index contributed by atoms with van der Waals surface area (Å²) in [6, 6.07) is 9.60. The fourth-order valence-electron chi connectivity index (χ4n) is 2.97. The molecule has 138 valence electrons. The van der Waals surface area contributed by atoms with Crippen LogP contribution in [0.15, 0.2) is 30.3 Å². The Morgan fingerprint density at radius 2 is 2.04 bits per heavy atom. The van der Waals surface area contributed by atoms with Crippen LogP contribution in [0.2, 0.25) is 0 Å². The smallest absolute Gasteiger partial charge is 0.409 e. The van der Waals surface area contributed by atoms with Gasteiger partial charge in [0.1, 0.15) is 6.61 Å².